The summed E-state index contributed by atoms with van der Waals surface area (Å²) in [6.07, 6.45) is 0.662. The third kappa shape index (κ3) is 4.72. The Kier molecular flexibility index (Phi) is 6.22. The van der Waals surface area contributed by atoms with E-state index in [-0.39, 0.29) is 6.10 Å². The molecule has 1 atom stereocenters. The van der Waals surface area contributed by atoms with Gasteiger partial charge in [0.1, 0.15) is 5.75 Å². The molecular formula is C19H27NO2. The summed E-state index contributed by atoms with van der Waals surface area (Å²) < 4.78 is 5.97. The van der Waals surface area contributed by atoms with Crippen molar-refractivity contribution in [2.45, 2.75) is 39.3 Å². The van der Waals surface area contributed by atoms with Crippen LogP contribution in [0.25, 0.3) is 10.8 Å². The van der Waals surface area contributed by atoms with E-state index in [1.54, 1.807) is 0 Å². The van der Waals surface area contributed by atoms with Crippen molar-refractivity contribution in [1.82, 2.24) is 4.90 Å². The molecule has 0 aliphatic carbocycles. The van der Waals surface area contributed by atoms with E-state index in [1.807, 2.05) is 31.2 Å². The molecule has 0 aromatic heterocycles. The third-order valence-electron chi connectivity index (χ3n) is 3.83. The Bertz CT molecular complexity index is 575. The van der Waals surface area contributed by atoms with Gasteiger partial charge in [0.15, 0.2) is 0 Å². The summed E-state index contributed by atoms with van der Waals surface area (Å²) in [5.41, 5.74) is 0. The molecule has 22 heavy (non-hydrogen) atoms. The molecule has 0 bridgehead atoms. The predicted molar refractivity (Wildman–Crippen MR) is 92.4 cm³/mol. The Balaban J connectivity index is 1.87. The minimum Gasteiger partial charge on any atom is -0.493 e. The van der Waals surface area contributed by atoms with Crippen LogP contribution in [0.4, 0.5) is 0 Å². The first-order valence-corrected chi connectivity index (χ1v) is 8.10. The van der Waals surface area contributed by atoms with Crippen LogP contribution < -0.4 is 4.74 Å². The summed E-state index contributed by atoms with van der Waals surface area (Å²) in [6, 6.07) is 14.9. The molecule has 0 amide bonds. The quantitative estimate of drug-likeness (QED) is 0.755. The van der Waals surface area contributed by atoms with Crippen LogP contribution in [0.3, 0.4) is 0 Å². The highest BCUT2D eigenvalue weighted by atomic mass is 16.5. The largest absolute Gasteiger partial charge is 0.493 e. The van der Waals surface area contributed by atoms with Gasteiger partial charge in [-0.3, -0.25) is 4.90 Å². The lowest BCUT2D eigenvalue weighted by atomic mass is 10.1. The molecule has 1 unspecified atom stereocenters. The molecule has 1 N–H and O–H groups in total. The molecule has 0 heterocycles. The number of aliphatic hydroxyl groups is 1. The average Bonchev–Trinajstić information content (AvgIpc) is 2.50. The van der Waals surface area contributed by atoms with Crippen LogP contribution in [0.1, 0.15) is 27.2 Å². The first-order chi connectivity index (χ1) is 10.6. The molecule has 2 aromatic carbocycles. The Morgan fingerprint density at radius 1 is 1.05 bits per heavy atom. The van der Waals surface area contributed by atoms with Crippen LogP contribution in [0, 0.1) is 0 Å². The van der Waals surface area contributed by atoms with Gasteiger partial charge in [0.05, 0.1) is 12.7 Å². The Morgan fingerprint density at radius 3 is 2.50 bits per heavy atom. The maximum absolute atomic E-state index is 9.55. The molecule has 2 rings (SSSR count). The first-order valence-electron chi connectivity index (χ1n) is 8.10. The SMILES string of the molecule is CC(O)CN(CCCOc1cccc2ccccc12)C(C)C. The highest BCUT2D eigenvalue weighted by molar-refractivity contribution is 5.88. The second-order valence-corrected chi connectivity index (χ2v) is 6.12. The molecule has 0 aliphatic heterocycles. The lowest BCUT2D eigenvalue weighted by Gasteiger charge is -2.27. The summed E-state index contributed by atoms with van der Waals surface area (Å²) in [4.78, 5) is 2.29. The number of rotatable bonds is 8. The van der Waals surface area contributed by atoms with Crippen molar-refractivity contribution in [3.05, 3.63) is 42.5 Å². The molecule has 0 spiro atoms. The van der Waals surface area contributed by atoms with Gasteiger partial charge in [0, 0.05) is 24.5 Å². The van der Waals surface area contributed by atoms with Gasteiger partial charge < -0.3 is 9.84 Å². The van der Waals surface area contributed by atoms with E-state index in [4.69, 9.17) is 4.74 Å². The lowest BCUT2D eigenvalue weighted by Crippen LogP contribution is -2.37. The molecule has 120 valence electrons. The number of benzene rings is 2. The summed E-state index contributed by atoms with van der Waals surface area (Å²) in [7, 11) is 0. The number of fused-ring (bicyclic) bond motifs is 1. The van der Waals surface area contributed by atoms with Gasteiger partial charge in [-0.1, -0.05) is 36.4 Å². The molecule has 0 saturated carbocycles. The first kappa shape index (κ1) is 16.8. The van der Waals surface area contributed by atoms with Gasteiger partial charge in [-0.15, -0.1) is 0 Å². The van der Waals surface area contributed by atoms with E-state index < -0.39 is 0 Å². The predicted octanol–water partition coefficient (Wildman–Crippen LogP) is 3.70. The number of hydrogen-bond donors (Lipinski definition) is 1. The normalized spacial score (nSPS) is 13.0. The van der Waals surface area contributed by atoms with Crippen LogP contribution in [-0.2, 0) is 0 Å². The summed E-state index contributed by atoms with van der Waals surface area (Å²) in [6.45, 7) is 8.50. The Hall–Kier alpha value is -1.58. The van der Waals surface area contributed by atoms with Gasteiger partial charge >= 0.3 is 0 Å². The monoisotopic (exact) mass is 301 g/mol. The van der Waals surface area contributed by atoms with Crippen molar-refractivity contribution in [3.63, 3.8) is 0 Å². The Morgan fingerprint density at radius 2 is 1.77 bits per heavy atom. The summed E-state index contributed by atoms with van der Waals surface area (Å²) >= 11 is 0. The highest BCUT2D eigenvalue weighted by Crippen LogP contribution is 2.25. The number of aliphatic hydroxyl groups excluding tert-OH is 1. The summed E-state index contributed by atoms with van der Waals surface area (Å²) in [5.74, 6) is 0.949. The van der Waals surface area contributed by atoms with Gasteiger partial charge in [0.2, 0.25) is 0 Å². The molecule has 3 heteroatoms. The lowest BCUT2D eigenvalue weighted by molar-refractivity contribution is 0.103. The third-order valence-corrected chi connectivity index (χ3v) is 3.83. The van der Waals surface area contributed by atoms with Crippen molar-refractivity contribution in [2.24, 2.45) is 0 Å². The fraction of sp³-hybridized carbons (Fsp3) is 0.474. The Labute approximate surface area is 133 Å². The maximum atomic E-state index is 9.55. The van der Waals surface area contributed by atoms with Gasteiger partial charge in [-0.05, 0) is 38.6 Å². The number of hydrogen-bond acceptors (Lipinski definition) is 3. The second kappa shape index (κ2) is 8.16. The minimum absolute atomic E-state index is 0.290. The van der Waals surface area contributed by atoms with Crippen LogP contribution in [-0.4, -0.2) is 41.8 Å². The van der Waals surface area contributed by atoms with Crippen LogP contribution in [0.5, 0.6) is 5.75 Å². The van der Waals surface area contributed by atoms with Crippen molar-refractivity contribution in [1.29, 1.82) is 0 Å². The van der Waals surface area contributed by atoms with Crippen LogP contribution in [0.15, 0.2) is 42.5 Å². The van der Waals surface area contributed by atoms with E-state index in [1.165, 1.54) is 5.39 Å². The number of nitrogens with zero attached hydrogens (tertiary/aromatic N) is 1. The van der Waals surface area contributed by atoms with Gasteiger partial charge in [0.25, 0.3) is 0 Å². The zero-order valence-corrected chi connectivity index (χ0v) is 13.8. The minimum atomic E-state index is -0.290. The molecule has 0 radical (unpaired) electrons. The molecule has 0 fully saturated rings. The van der Waals surface area contributed by atoms with Crippen LogP contribution >= 0.6 is 0 Å². The van der Waals surface area contributed by atoms with Crippen molar-refractivity contribution in [2.75, 3.05) is 19.7 Å². The van der Waals surface area contributed by atoms with E-state index in [0.717, 1.165) is 24.1 Å². The van der Waals surface area contributed by atoms with E-state index in [0.29, 0.717) is 19.2 Å². The van der Waals surface area contributed by atoms with E-state index in [2.05, 4.69) is 36.9 Å². The molecule has 3 nitrogen and oxygen atoms in total. The van der Waals surface area contributed by atoms with Crippen molar-refractivity contribution in [3.8, 4) is 5.75 Å². The molecular weight excluding hydrogens is 274 g/mol. The zero-order valence-electron chi connectivity index (χ0n) is 13.8. The fourth-order valence-electron chi connectivity index (χ4n) is 2.67. The van der Waals surface area contributed by atoms with Crippen molar-refractivity contribution < 1.29 is 9.84 Å². The topological polar surface area (TPSA) is 32.7 Å². The standard InChI is InChI=1S/C19H27NO2/c1-15(2)20(14-16(3)21)12-7-13-22-19-11-6-9-17-8-4-5-10-18(17)19/h4-6,8-11,15-16,21H,7,12-14H2,1-3H3. The number of ether oxygens (including phenoxy) is 1. The van der Waals surface area contributed by atoms with Crippen molar-refractivity contribution >= 4 is 10.8 Å². The van der Waals surface area contributed by atoms with E-state index in [9.17, 15) is 5.11 Å². The fourth-order valence-corrected chi connectivity index (χ4v) is 2.67. The summed E-state index contributed by atoms with van der Waals surface area (Å²) in [5, 5.41) is 11.9. The molecule has 2 aromatic rings. The van der Waals surface area contributed by atoms with E-state index >= 15 is 0 Å². The maximum Gasteiger partial charge on any atom is 0.127 e. The van der Waals surface area contributed by atoms with Gasteiger partial charge in [-0.2, -0.15) is 0 Å². The second-order valence-electron chi connectivity index (χ2n) is 6.12. The van der Waals surface area contributed by atoms with Crippen LogP contribution in [0.2, 0.25) is 0 Å². The molecule has 0 aliphatic rings. The highest BCUT2D eigenvalue weighted by Gasteiger charge is 2.11. The molecule has 0 saturated heterocycles. The average molecular weight is 301 g/mol. The smallest absolute Gasteiger partial charge is 0.127 e. The zero-order chi connectivity index (χ0) is 15.9. The van der Waals surface area contributed by atoms with Gasteiger partial charge in [-0.25, -0.2) is 0 Å².